The number of nitrogens with one attached hydrogen (secondary N) is 1. The van der Waals surface area contributed by atoms with Crippen LogP contribution in [0.25, 0.3) is 0 Å². The van der Waals surface area contributed by atoms with Gasteiger partial charge in [-0.15, -0.1) is 0 Å². The van der Waals surface area contributed by atoms with Gasteiger partial charge in [0.25, 0.3) is 5.91 Å². The van der Waals surface area contributed by atoms with Crippen LogP contribution in [0.2, 0.25) is 10.0 Å². The normalized spacial score (nSPS) is 10.3. The van der Waals surface area contributed by atoms with E-state index in [0.29, 0.717) is 18.0 Å². The van der Waals surface area contributed by atoms with Gasteiger partial charge in [-0.1, -0.05) is 35.3 Å². The minimum absolute atomic E-state index is 0.139. The SMILES string of the molecule is O=C(COC(=O)c1ccc(Cl)cc1Cl)NCCc1ccc(F)cc1. The molecule has 0 aliphatic carbocycles. The highest BCUT2D eigenvalue weighted by atomic mass is 35.5. The predicted molar refractivity (Wildman–Crippen MR) is 89.9 cm³/mol. The Morgan fingerprint density at radius 1 is 1.08 bits per heavy atom. The van der Waals surface area contributed by atoms with E-state index in [0.717, 1.165) is 5.56 Å². The van der Waals surface area contributed by atoms with Crippen LogP contribution in [-0.2, 0) is 16.0 Å². The molecule has 7 heteroatoms. The Bertz CT molecular complexity index is 735. The molecule has 4 nitrogen and oxygen atoms in total. The minimum atomic E-state index is -0.703. The first-order chi connectivity index (χ1) is 11.5. The summed E-state index contributed by atoms with van der Waals surface area (Å²) >= 11 is 11.6. The largest absolute Gasteiger partial charge is 0.452 e. The molecule has 0 bridgehead atoms. The summed E-state index contributed by atoms with van der Waals surface area (Å²) in [6.45, 7) is -0.0646. The Morgan fingerprint density at radius 2 is 1.79 bits per heavy atom. The van der Waals surface area contributed by atoms with Gasteiger partial charge in [0.05, 0.1) is 10.6 Å². The second-order valence-corrected chi connectivity index (χ2v) is 5.77. The number of carbonyl (C=O) groups excluding carboxylic acids is 2. The van der Waals surface area contributed by atoms with Crippen LogP contribution in [0.5, 0.6) is 0 Å². The molecule has 0 aliphatic heterocycles. The van der Waals surface area contributed by atoms with Gasteiger partial charge in [-0.05, 0) is 42.3 Å². The molecule has 0 spiro atoms. The molecule has 0 fully saturated rings. The number of halogens is 3. The molecule has 0 aromatic heterocycles. The molecular formula is C17H14Cl2FNO3. The summed E-state index contributed by atoms with van der Waals surface area (Å²) in [5, 5.41) is 3.17. The first-order valence-electron chi connectivity index (χ1n) is 7.09. The molecule has 0 radical (unpaired) electrons. The quantitative estimate of drug-likeness (QED) is 0.790. The summed E-state index contributed by atoms with van der Waals surface area (Å²) in [6, 6.07) is 10.4. The highest BCUT2D eigenvalue weighted by Crippen LogP contribution is 2.21. The zero-order valence-corrected chi connectivity index (χ0v) is 14.0. The van der Waals surface area contributed by atoms with Crippen LogP contribution >= 0.6 is 23.2 Å². The van der Waals surface area contributed by atoms with Gasteiger partial charge in [-0.2, -0.15) is 0 Å². The fraction of sp³-hybridized carbons (Fsp3) is 0.176. The molecular weight excluding hydrogens is 356 g/mol. The average Bonchev–Trinajstić information content (AvgIpc) is 2.54. The molecule has 0 unspecified atom stereocenters. The lowest BCUT2D eigenvalue weighted by Gasteiger charge is -2.08. The first kappa shape index (κ1) is 18.2. The van der Waals surface area contributed by atoms with E-state index < -0.39 is 18.5 Å². The summed E-state index contributed by atoms with van der Waals surface area (Å²) < 4.78 is 17.7. The Morgan fingerprint density at radius 3 is 2.46 bits per heavy atom. The fourth-order valence-corrected chi connectivity index (χ4v) is 2.40. The van der Waals surface area contributed by atoms with Crippen molar-refractivity contribution in [3.05, 3.63) is 69.5 Å². The van der Waals surface area contributed by atoms with Crippen molar-refractivity contribution in [1.29, 1.82) is 0 Å². The molecule has 2 rings (SSSR count). The van der Waals surface area contributed by atoms with Crippen molar-refractivity contribution < 1.29 is 18.7 Å². The lowest BCUT2D eigenvalue weighted by Crippen LogP contribution is -2.30. The Hall–Kier alpha value is -2.11. The van der Waals surface area contributed by atoms with Gasteiger partial charge in [-0.3, -0.25) is 4.79 Å². The number of carbonyl (C=O) groups is 2. The molecule has 1 N–H and O–H groups in total. The van der Waals surface area contributed by atoms with Crippen LogP contribution in [0.15, 0.2) is 42.5 Å². The minimum Gasteiger partial charge on any atom is -0.452 e. The van der Waals surface area contributed by atoms with Gasteiger partial charge in [0.1, 0.15) is 5.82 Å². The third-order valence-electron chi connectivity index (χ3n) is 3.13. The second-order valence-electron chi connectivity index (χ2n) is 4.93. The zero-order valence-electron chi connectivity index (χ0n) is 12.5. The summed E-state index contributed by atoms with van der Waals surface area (Å²) in [6.07, 6.45) is 0.545. The van der Waals surface area contributed by atoms with E-state index >= 15 is 0 Å². The molecule has 1 amide bonds. The van der Waals surface area contributed by atoms with Gasteiger partial charge in [0, 0.05) is 11.6 Å². The van der Waals surface area contributed by atoms with Crippen LogP contribution < -0.4 is 5.32 Å². The van der Waals surface area contributed by atoms with E-state index in [1.807, 2.05) is 0 Å². The summed E-state index contributed by atoms with van der Waals surface area (Å²) in [4.78, 5) is 23.5. The highest BCUT2D eigenvalue weighted by molar-refractivity contribution is 6.36. The van der Waals surface area contributed by atoms with Gasteiger partial charge in [-0.25, -0.2) is 9.18 Å². The maximum atomic E-state index is 12.8. The summed E-state index contributed by atoms with van der Waals surface area (Å²) in [5.74, 6) is -1.45. The topological polar surface area (TPSA) is 55.4 Å². The summed E-state index contributed by atoms with van der Waals surface area (Å²) in [5.41, 5.74) is 1.03. The van der Waals surface area contributed by atoms with Crippen LogP contribution in [0.1, 0.15) is 15.9 Å². The van der Waals surface area contributed by atoms with E-state index in [1.54, 1.807) is 12.1 Å². The standard InChI is InChI=1S/C17H14Cl2FNO3/c18-12-3-6-14(15(19)9-12)17(23)24-10-16(22)21-8-7-11-1-4-13(20)5-2-11/h1-6,9H,7-8,10H2,(H,21,22). The fourth-order valence-electron chi connectivity index (χ4n) is 1.91. The highest BCUT2D eigenvalue weighted by Gasteiger charge is 2.13. The molecule has 0 saturated carbocycles. The number of esters is 1. The molecule has 2 aromatic carbocycles. The molecule has 0 atom stereocenters. The number of rotatable bonds is 6. The van der Waals surface area contributed by atoms with E-state index in [9.17, 15) is 14.0 Å². The van der Waals surface area contributed by atoms with Crippen LogP contribution in [-0.4, -0.2) is 25.0 Å². The maximum absolute atomic E-state index is 12.8. The van der Waals surface area contributed by atoms with Gasteiger partial charge >= 0.3 is 5.97 Å². The van der Waals surface area contributed by atoms with Gasteiger partial charge < -0.3 is 10.1 Å². The van der Waals surface area contributed by atoms with Crippen molar-refractivity contribution in [2.45, 2.75) is 6.42 Å². The number of hydrogen-bond donors (Lipinski definition) is 1. The Labute approximate surface area is 148 Å². The second kappa shape index (κ2) is 8.66. The van der Waals surface area contributed by atoms with E-state index in [1.165, 1.54) is 30.3 Å². The molecule has 0 saturated heterocycles. The number of amides is 1. The third kappa shape index (κ3) is 5.51. The molecule has 2 aromatic rings. The monoisotopic (exact) mass is 369 g/mol. The van der Waals surface area contributed by atoms with Crippen molar-refractivity contribution in [1.82, 2.24) is 5.32 Å². The third-order valence-corrected chi connectivity index (χ3v) is 3.68. The van der Waals surface area contributed by atoms with E-state index in [-0.39, 0.29) is 16.4 Å². The predicted octanol–water partition coefficient (Wildman–Crippen LogP) is 3.65. The molecule has 0 aliphatic rings. The molecule has 126 valence electrons. The summed E-state index contributed by atoms with van der Waals surface area (Å²) in [7, 11) is 0. The van der Waals surface area contributed by atoms with E-state index in [2.05, 4.69) is 5.32 Å². The Kier molecular flexibility index (Phi) is 6.58. The van der Waals surface area contributed by atoms with Crippen molar-refractivity contribution >= 4 is 35.1 Å². The zero-order chi connectivity index (χ0) is 17.5. The maximum Gasteiger partial charge on any atom is 0.340 e. The van der Waals surface area contributed by atoms with Crippen LogP contribution in [0, 0.1) is 5.82 Å². The van der Waals surface area contributed by atoms with Crippen LogP contribution in [0.4, 0.5) is 4.39 Å². The number of benzene rings is 2. The average molecular weight is 370 g/mol. The number of ether oxygens (including phenoxy) is 1. The molecule has 24 heavy (non-hydrogen) atoms. The lowest BCUT2D eigenvalue weighted by atomic mass is 10.1. The van der Waals surface area contributed by atoms with Crippen molar-refractivity contribution in [2.75, 3.05) is 13.2 Å². The molecule has 0 heterocycles. The first-order valence-corrected chi connectivity index (χ1v) is 7.84. The van der Waals surface area contributed by atoms with E-state index in [4.69, 9.17) is 27.9 Å². The van der Waals surface area contributed by atoms with Crippen molar-refractivity contribution in [3.63, 3.8) is 0 Å². The van der Waals surface area contributed by atoms with Gasteiger partial charge in [0.15, 0.2) is 6.61 Å². The van der Waals surface area contributed by atoms with Crippen molar-refractivity contribution in [2.24, 2.45) is 0 Å². The van der Waals surface area contributed by atoms with Crippen molar-refractivity contribution in [3.8, 4) is 0 Å². The van der Waals surface area contributed by atoms with Crippen LogP contribution in [0.3, 0.4) is 0 Å². The smallest absolute Gasteiger partial charge is 0.340 e. The lowest BCUT2D eigenvalue weighted by molar-refractivity contribution is -0.124. The number of hydrogen-bond acceptors (Lipinski definition) is 3. The van der Waals surface area contributed by atoms with Gasteiger partial charge in [0.2, 0.25) is 0 Å². The Balaban J connectivity index is 1.74.